The Morgan fingerprint density at radius 1 is 1.10 bits per heavy atom. The summed E-state index contributed by atoms with van der Waals surface area (Å²) in [7, 11) is 0. The van der Waals surface area contributed by atoms with Crippen LogP contribution in [0.1, 0.15) is 78.6 Å². The first-order valence-electron chi connectivity index (χ1n) is 10.7. The Hall–Kier alpha value is -1.05. The van der Waals surface area contributed by atoms with Crippen LogP contribution in [0.25, 0.3) is 0 Å². The molecule has 5 nitrogen and oxygen atoms in total. The molecule has 0 radical (unpaired) electrons. The van der Waals surface area contributed by atoms with Crippen LogP contribution in [0.5, 0.6) is 0 Å². The van der Waals surface area contributed by atoms with Crippen LogP contribution in [-0.2, 0) is 19.0 Å². The summed E-state index contributed by atoms with van der Waals surface area (Å²) in [6.07, 6.45) is 7.05. The molecule has 1 heterocycles. The van der Waals surface area contributed by atoms with Gasteiger partial charge in [-0.1, -0.05) is 19.4 Å². The summed E-state index contributed by atoms with van der Waals surface area (Å²) in [6, 6.07) is 0. The van der Waals surface area contributed by atoms with E-state index < -0.39 is 22.9 Å². The highest BCUT2D eigenvalue weighted by Gasteiger charge is 2.71. The molecular formula is C22H34F2O5. The van der Waals surface area contributed by atoms with Crippen molar-refractivity contribution in [2.75, 3.05) is 6.61 Å². The zero-order valence-corrected chi connectivity index (χ0v) is 17.8. The Balaban J connectivity index is 1.74. The molecule has 0 bridgehead atoms. The van der Waals surface area contributed by atoms with Gasteiger partial charge in [0.25, 0.3) is 0 Å². The van der Waals surface area contributed by atoms with Gasteiger partial charge in [0, 0.05) is 5.57 Å². The average molecular weight is 417 g/mol. The lowest BCUT2D eigenvalue weighted by atomic mass is 9.79. The zero-order valence-electron chi connectivity index (χ0n) is 17.8. The predicted octanol–water partition coefficient (Wildman–Crippen LogP) is 4.52. The molecule has 3 aliphatic rings. The van der Waals surface area contributed by atoms with Gasteiger partial charge >= 0.3 is 11.9 Å². The fourth-order valence-corrected chi connectivity index (χ4v) is 5.22. The number of aliphatic hydroxyl groups is 1. The molecule has 7 heteroatoms. The maximum Gasteiger partial charge on any atom is 0.333 e. The van der Waals surface area contributed by atoms with Gasteiger partial charge in [0.15, 0.2) is 5.60 Å². The summed E-state index contributed by atoms with van der Waals surface area (Å²) in [4.78, 5) is 11.9. The van der Waals surface area contributed by atoms with E-state index >= 15 is 0 Å². The lowest BCUT2D eigenvalue weighted by Crippen LogP contribution is -2.59. The number of hydrogen-bond donors (Lipinski definition) is 1. The van der Waals surface area contributed by atoms with E-state index in [-0.39, 0.29) is 24.6 Å². The number of alkyl halides is 2. The first kappa shape index (κ1) is 22.6. The molecule has 3 fully saturated rings. The molecule has 1 saturated heterocycles. The lowest BCUT2D eigenvalue weighted by Gasteiger charge is -2.45. The SMILES string of the molecule is C=C(C)C(=O)OC1CCCC(C2(OC3(C)COC(C)(O)C3(F)F)CCCC2)CC1. The number of rotatable bonds is 5. The van der Waals surface area contributed by atoms with E-state index in [4.69, 9.17) is 14.2 Å². The summed E-state index contributed by atoms with van der Waals surface area (Å²) in [5.74, 6) is -6.32. The maximum atomic E-state index is 15.0. The minimum Gasteiger partial charge on any atom is -0.459 e. The predicted molar refractivity (Wildman–Crippen MR) is 103 cm³/mol. The largest absolute Gasteiger partial charge is 0.459 e. The third-order valence-electron chi connectivity index (χ3n) is 7.04. The highest BCUT2D eigenvalue weighted by molar-refractivity contribution is 5.87. The number of carbonyl (C=O) groups is 1. The summed E-state index contributed by atoms with van der Waals surface area (Å²) in [5.41, 5.74) is -2.15. The monoisotopic (exact) mass is 416 g/mol. The van der Waals surface area contributed by atoms with E-state index in [0.29, 0.717) is 12.0 Å². The maximum absolute atomic E-state index is 15.0. The molecular weight excluding hydrogens is 382 g/mol. The smallest absolute Gasteiger partial charge is 0.333 e. The highest BCUT2D eigenvalue weighted by atomic mass is 19.3. The Kier molecular flexibility index (Phi) is 6.16. The van der Waals surface area contributed by atoms with Crippen molar-refractivity contribution in [2.24, 2.45) is 5.92 Å². The van der Waals surface area contributed by atoms with Crippen molar-refractivity contribution in [2.45, 2.75) is 108 Å². The summed E-state index contributed by atoms with van der Waals surface area (Å²) in [6.45, 7) is 7.25. The van der Waals surface area contributed by atoms with Crippen molar-refractivity contribution in [3.63, 3.8) is 0 Å². The summed E-state index contributed by atoms with van der Waals surface area (Å²) in [5, 5.41) is 10.0. The number of carbonyl (C=O) groups excluding carboxylic acids is 1. The van der Waals surface area contributed by atoms with Crippen LogP contribution in [-0.4, -0.2) is 46.7 Å². The fraction of sp³-hybridized carbons (Fsp3) is 0.864. The Labute approximate surface area is 171 Å². The van der Waals surface area contributed by atoms with Crippen molar-refractivity contribution in [3.05, 3.63) is 12.2 Å². The van der Waals surface area contributed by atoms with Crippen LogP contribution in [0.3, 0.4) is 0 Å². The van der Waals surface area contributed by atoms with E-state index in [2.05, 4.69) is 6.58 Å². The standard InChI is InChI=1S/C22H34F2O5/c1-15(2)18(25)28-17-9-7-8-16(10-11-17)21(12-5-6-13-21)29-19(3)14-27-20(4,26)22(19,23)24/h16-17,26H,1,5-14H2,2-4H3. The Morgan fingerprint density at radius 2 is 1.76 bits per heavy atom. The zero-order chi connectivity index (χ0) is 21.5. The van der Waals surface area contributed by atoms with Gasteiger partial charge in [-0.15, -0.1) is 0 Å². The molecule has 2 aliphatic carbocycles. The van der Waals surface area contributed by atoms with E-state index in [1.807, 2.05) is 0 Å². The van der Waals surface area contributed by atoms with E-state index in [0.717, 1.165) is 58.3 Å². The molecule has 4 atom stereocenters. The van der Waals surface area contributed by atoms with Crippen molar-refractivity contribution in [1.29, 1.82) is 0 Å². The molecule has 0 aromatic carbocycles. The van der Waals surface area contributed by atoms with Crippen molar-refractivity contribution >= 4 is 5.97 Å². The lowest BCUT2D eigenvalue weighted by molar-refractivity contribution is -0.304. The molecule has 0 spiro atoms. The summed E-state index contributed by atoms with van der Waals surface area (Å²) >= 11 is 0. The quantitative estimate of drug-likeness (QED) is 0.406. The first-order chi connectivity index (χ1) is 13.4. The minimum absolute atomic E-state index is 0.108. The number of hydrogen-bond acceptors (Lipinski definition) is 5. The van der Waals surface area contributed by atoms with Crippen LogP contribution < -0.4 is 0 Å². The second-order valence-electron chi connectivity index (χ2n) is 9.46. The van der Waals surface area contributed by atoms with Gasteiger partial charge in [-0.05, 0) is 71.6 Å². The van der Waals surface area contributed by atoms with Crippen molar-refractivity contribution in [3.8, 4) is 0 Å². The normalized spacial score (nSPS) is 39.1. The Morgan fingerprint density at radius 3 is 2.31 bits per heavy atom. The van der Waals surface area contributed by atoms with Gasteiger partial charge in [0.05, 0.1) is 12.2 Å². The minimum atomic E-state index is -3.51. The number of ether oxygens (including phenoxy) is 3. The van der Waals surface area contributed by atoms with Gasteiger partial charge in [0.1, 0.15) is 6.10 Å². The summed E-state index contributed by atoms with van der Waals surface area (Å²) < 4.78 is 46.8. The van der Waals surface area contributed by atoms with Gasteiger partial charge in [-0.3, -0.25) is 0 Å². The molecule has 166 valence electrons. The molecule has 0 aromatic rings. The number of esters is 1. The molecule has 4 unspecified atom stereocenters. The topological polar surface area (TPSA) is 65.0 Å². The second-order valence-corrected chi connectivity index (χ2v) is 9.46. The third-order valence-corrected chi connectivity index (χ3v) is 7.04. The Bertz CT molecular complexity index is 641. The first-order valence-corrected chi connectivity index (χ1v) is 10.7. The van der Waals surface area contributed by atoms with Crippen LogP contribution >= 0.6 is 0 Å². The van der Waals surface area contributed by atoms with Crippen molar-refractivity contribution in [1.82, 2.24) is 0 Å². The average Bonchev–Trinajstić information content (AvgIpc) is 3.04. The molecule has 29 heavy (non-hydrogen) atoms. The van der Waals surface area contributed by atoms with Gasteiger partial charge in [-0.2, -0.15) is 8.78 Å². The third kappa shape index (κ3) is 4.10. The van der Waals surface area contributed by atoms with E-state index in [1.54, 1.807) is 6.92 Å². The van der Waals surface area contributed by atoms with E-state index in [1.165, 1.54) is 6.92 Å². The van der Waals surface area contributed by atoms with Gasteiger partial charge < -0.3 is 19.3 Å². The van der Waals surface area contributed by atoms with Gasteiger partial charge in [0.2, 0.25) is 5.79 Å². The van der Waals surface area contributed by atoms with E-state index in [9.17, 15) is 18.7 Å². The van der Waals surface area contributed by atoms with Crippen LogP contribution in [0.15, 0.2) is 12.2 Å². The molecule has 3 rings (SSSR count). The van der Waals surface area contributed by atoms with Crippen LogP contribution in [0.2, 0.25) is 0 Å². The molecule has 0 aromatic heterocycles. The number of halogens is 2. The van der Waals surface area contributed by atoms with Crippen molar-refractivity contribution < 1.29 is 32.9 Å². The molecule has 0 amide bonds. The van der Waals surface area contributed by atoms with Gasteiger partial charge in [-0.25, -0.2) is 4.79 Å². The van der Waals surface area contributed by atoms with Crippen LogP contribution in [0, 0.1) is 5.92 Å². The molecule has 1 N–H and O–H groups in total. The fourth-order valence-electron chi connectivity index (χ4n) is 5.22. The molecule has 2 saturated carbocycles. The second kappa shape index (κ2) is 7.89. The van der Waals surface area contributed by atoms with Crippen LogP contribution in [0.4, 0.5) is 8.78 Å². The highest BCUT2D eigenvalue weighted by Crippen LogP contribution is 2.54. The molecule has 1 aliphatic heterocycles.